The van der Waals surface area contributed by atoms with Gasteiger partial charge in [0.15, 0.2) is 0 Å². The first-order valence-corrected chi connectivity index (χ1v) is 6.49. The van der Waals surface area contributed by atoms with Crippen molar-refractivity contribution in [2.24, 2.45) is 0 Å². The lowest BCUT2D eigenvalue weighted by atomic mass is 10.4. The number of ether oxygens (including phenoxy) is 1. The highest BCUT2D eigenvalue weighted by atomic mass is 35.5. The average molecular weight is 260 g/mol. The van der Waals surface area contributed by atoms with Crippen LogP contribution in [0, 0.1) is 0 Å². The van der Waals surface area contributed by atoms with Gasteiger partial charge in [0.05, 0.1) is 17.4 Å². The summed E-state index contributed by atoms with van der Waals surface area (Å²) in [6.07, 6.45) is 3.57. The fourth-order valence-corrected chi connectivity index (χ4v) is 1.94. The normalized spacial score (nSPS) is 10.1. The van der Waals surface area contributed by atoms with E-state index >= 15 is 0 Å². The number of esters is 1. The van der Waals surface area contributed by atoms with Gasteiger partial charge < -0.3 is 4.74 Å². The number of hydrogen-bond acceptors (Lipinski definition) is 4. The lowest BCUT2D eigenvalue weighted by molar-refractivity contribution is -0.140. The molecule has 0 aromatic carbocycles. The third-order valence-electron chi connectivity index (χ3n) is 1.81. The van der Waals surface area contributed by atoms with Crippen LogP contribution in [0.25, 0.3) is 0 Å². The molecule has 1 rings (SSSR count). The molecule has 0 fully saturated rings. The molecule has 0 atom stereocenters. The van der Waals surface area contributed by atoms with Crippen LogP contribution >= 0.6 is 23.4 Å². The summed E-state index contributed by atoms with van der Waals surface area (Å²) in [6.45, 7) is 2.54. The van der Waals surface area contributed by atoms with Crippen molar-refractivity contribution in [1.82, 2.24) is 4.98 Å². The van der Waals surface area contributed by atoms with Gasteiger partial charge in [0.25, 0.3) is 0 Å². The number of nitrogens with zero attached hydrogens (tertiary/aromatic N) is 1. The average Bonchev–Trinajstić information content (AvgIpc) is 2.28. The zero-order chi connectivity index (χ0) is 11.8. The van der Waals surface area contributed by atoms with Crippen LogP contribution in [-0.4, -0.2) is 23.3 Å². The van der Waals surface area contributed by atoms with E-state index in [-0.39, 0.29) is 11.7 Å². The molecule has 0 radical (unpaired) electrons. The molecule has 0 saturated heterocycles. The van der Waals surface area contributed by atoms with Gasteiger partial charge >= 0.3 is 5.97 Å². The van der Waals surface area contributed by atoms with E-state index in [2.05, 4.69) is 11.9 Å². The number of carbonyl (C=O) groups excluding carboxylic acids is 1. The molecule has 0 amide bonds. The predicted octanol–water partition coefficient (Wildman–Crippen LogP) is 3.17. The molecule has 1 aromatic rings. The predicted molar refractivity (Wildman–Crippen MR) is 65.8 cm³/mol. The van der Waals surface area contributed by atoms with Crippen molar-refractivity contribution in [3.63, 3.8) is 0 Å². The van der Waals surface area contributed by atoms with Crippen molar-refractivity contribution < 1.29 is 9.53 Å². The van der Waals surface area contributed by atoms with E-state index in [1.165, 1.54) is 11.8 Å². The van der Waals surface area contributed by atoms with Gasteiger partial charge in [0, 0.05) is 6.20 Å². The van der Waals surface area contributed by atoms with Crippen molar-refractivity contribution in [1.29, 1.82) is 0 Å². The van der Waals surface area contributed by atoms with Crippen molar-refractivity contribution >= 4 is 29.3 Å². The summed E-state index contributed by atoms with van der Waals surface area (Å²) in [5.41, 5.74) is 0. The number of thioether (sulfide) groups is 1. The van der Waals surface area contributed by atoms with E-state index in [0.29, 0.717) is 16.7 Å². The highest BCUT2D eigenvalue weighted by Gasteiger charge is 2.07. The maximum absolute atomic E-state index is 11.3. The molecule has 0 unspecified atom stereocenters. The van der Waals surface area contributed by atoms with Crippen LogP contribution in [0.1, 0.15) is 19.8 Å². The Bertz CT molecular complexity index is 347. The van der Waals surface area contributed by atoms with Gasteiger partial charge in [0.1, 0.15) is 5.03 Å². The van der Waals surface area contributed by atoms with Crippen molar-refractivity contribution in [3.8, 4) is 0 Å². The molecule has 1 heterocycles. The van der Waals surface area contributed by atoms with Gasteiger partial charge in [-0.05, 0) is 18.6 Å². The Balaban J connectivity index is 2.29. The minimum absolute atomic E-state index is 0.222. The zero-order valence-electron chi connectivity index (χ0n) is 9.11. The molecule has 0 bridgehead atoms. The Hall–Kier alpha value is -0.740. The number of rotatable bonds is 6. The second-order valence-corrected chi connectivity index (χ2v) is 4.52. The molecule has 0 aliphatic heterocycles. The summed E-state index contributed by atoms with van der Waals surface area (Å²) < 4.78 is 5.01. The fourth-order valence-electron chi connectivity index (χ4n) is 0.977. The number of pyridine rings is 1. The van der Waals surface area contributed by atoms with E-state index in [9.17, 15) is 4.79 Å². The molecule has 0 saturated carbocycles. The van der Waals surface area contributed by atoms with Gasteiger partial charge in [-0.3, -0.25) is 4.79 Å². The van der Waals surface area contributed by atoms with Gasteiger partial charge in [-0.25, -0.2) is 4.98 Å². The molecule has 5 heteroatoms. The summed E-state index contributed by atoms with van der Waals surface area (Å²) >= 11 is 7.19. The molecule has 88 valence electrons. The van der Waals surface area contributed by atoms with Crippen molar-refractivity contribution in [2.75, 3.05) is 12.4 Å². The Morgan fingerprint density at radius 3 is 3.12 bits per heavy atom. The lowest BCUT2D eigenvalue weighted by Gasteiger charge is -2.04. The second kappa shape index (κ2) is 7.52. The Morgan fingerprint density at radius 2 is 2.44 bits per heavy atom. The second-order valence-electron chi connectivity index (χ2n) is 3.15. The first-order valence-electron chi connectivity index (χ1n) is 5.13. The highest BCUT2D eigenvalue weighted by molar-refractivity contribution is 8.00. The first kappa shape index (κ1) is 13.3. The summed E-state index contributed by atoms with van der Waals surface area (Å²) in [4.78, 5) is 15.4. The zero-order valence-corrected chi connectivity index (χ0v) is 10.7. The standard InChI is InChI=1S/C11H14ClNO2S/c1-2-3-7-15-10(14)8-16-11-9(12)5-4-6-13-11/h4-6H,2-3,7-8H2,1H3. The van der Waals surface area contributed by atoms with E-state index in [0.717, 1.165) is 12.8 Å². The number of halogens is 1. The van der Waals surface area contributed by atoms with Crippen LogP contribution in [0.5, 0.6) is 0 Å². The summed E-state index contributed by atoms with van der Waals surface area (Å²) in [6, 6.07) is 3.51. The molecule has 0 aliphatic rings. The number of aromatic nitrogens is 1. The highest BCUT2D eigenvalue weighted by Crippen LogP contribution is 2.23. The number of hydrogen-bond donors (Lipinski definition) is 0. The largest absolute Gasteiger partial charge is 0.465 e. The lowest BCUT2D eigenvalue weighted by Crippen LogP contribution is -2.08. The Morgan fingerprint density at radius 1 is 1.62 bits per heavy atom. The Kier molecular flexibility index (Phi) is 6.26. The van der Waals surface area contributed by atoms with Crippen molar-refractivity contribution in [3.05, 3.63) is 23.4 Å². The minimum Gasteiger partial charge on any atom is -0.465 e. The molecule has 0 N–H and O–H groups in total. The third kappa shape index (κ3) is 4.86. The van der Waals surface area contributed by atoms with Crippen LogP contribution in [0.4, 0.5) is 0 Å². The number of unbranched alkanes of at least 4 members (excludes halogenated alkanes) is 1. The van der Waals surface area contributed by atoms with Crippen LogP contribution in [0.3, 0.4) is 0 Å². The van der Waals surface area contributed by atoms with Crippen LogP contribution in [0.2, 0.25) is 5.02 Å². The van der Waals surface area contributed by atoms with E-state index in [4.69, 9.17) is 16.3 Å². The summed E-state index contributed by atoms with van der Waals surface area (Å²) in [5, 5.41) is 1.23. The molecular weight excluding hydrogens is 246 g/mol. The van der Waals surface area contributed by atoms with Crippen molar-refractivity contribution in [2.45, 2.75) is 24.8 Å². The molecular formula is C11H14ClNO2S. The quantitative estimate of drug-likeness (QED) is 0.447. The fraction of sp³-hybridized carbons (Fsp3) is 0.455. The van der Waals surface area contributed by atoms with Gasteiger partial charge in [0.2, 0.25) is 0 Å². The molecule has 0 spiro atoms. The van der Waals surface area contributed by atoms with Crippen LogP contribution in [-0.2, 0) is 9.53 Å². The van der Waals surface area contributed by atoms with Crippen LogP contribution < -0.4 is 0 Å². The Labute approximate surface area is 105 Å². The molecule has 0 aliphatic carbocycles. The van der Waals surface area contributed by atoms with E-state index in [1.807, 2.05) is 0 Å². The molecule has 16 heavy (non-hydrogen) atoms. The third-order valence-corrected chi connectivity index (χ3v) is 3.21. The molecule has 1 aromatic heterocycles. The van der Waals surface area contributed by atoms with Gasteiger partial charge in [-0.15, -0.1) is 0 Å². The summed E-state index contributed by atoms with van der Waals surface area (Å²) in [7, 11) is 0. The monoisotopic (exact) mass is 259 g/mol. The van der Waals surface area contributed by atoms with E-state index in [1.54, 1.807) is 18.3 Å². The maximum atomic E-state index is 11.3. The van der Waals surface area contributed by atoms with Crippen LogP contribution in [0.15, 0.2) is 23.4 Å². The molecule has 3 nitrogen and oxygen atoms in total. The maximum Gasteiger partial charge on any atom is 0.316 e. The first-order chi connectivity index (χ1) is 7.74. The summed E-state index contributed by atoms with van der Waals surface area (Å²) in [5.74, 6) is 0.0284. The van der Waals surface area contributed by atoms with Gasteiger partial charge in [-0.1, -0.05) is 36.7 Å². The minimum atomic E-state index is -0.222. The van der Waals surface area contributed by atoms with E-state index < -0.39 is 0 Å². The SMILES string of the molecule is CCCCOC(=O)CSc1ncccc1Cl. The number of carbonyl (C=O) groups is 1. The topological polar surface area (TPSA) is 39.2 Å². The smallest absolute Gasteiger partial charge is 0.316 e. The van der Waals surface area contributed by atoms with Gasteiger partial charge in [-0.2, -0.15) is 0 Å².